The van der Waals surface area contributed by atoms with Crippen molar-refractivity contribution in [3.63, 3.8) is 0 Å². The van der Waals surface area contributed by atoms with Gasteiger partial charge < -0.3 is 11.1 Å². The minimum Gasteiger partial charge on any atom is -0.368 e. The van der Waals surface area contributed by atoms with E-state index in [9.17, 15) is 4.39 Å². The topological polar surface area (TPSA) is 81.7 Å². The molecule has 0 aliphatic heterocycles. The summed E-state index contributed by atoms with van der Waals surface area (Å²) < 4.78 is 15.0. The Bertz CT molecular complexity index is 509. The number of halogens is 1. The number of rotatable bonds is 4. The smallest absolute Gasteiger partial charge is 0.222 e. The summed E-state index contributed by atoms with van der Waals surface area (Å²) in [5.74, 6) is -0.335. The SMILES string of the molecule is Cn1nccc1CCNc1nc(N)ncc1F. The fourth-order valence-electron chi connectivity index (χ4n) is 1.46. The van der Waals surface area contributed by atoms with E-state index in [0.29, 0.717) is 6.54 Å². The molecule has 0 atom stereocenters. The van der Waals surface area contributed by atoms with Gasteiger partial charge >= 0.3 is 0 Å². The molecule has 7 heteroatoms. The zero-order valence-electron chi connectivity index (χ0n) is 9.39. The van der Waals surface area contributed by atoms with E-state index in [1.165, 1.54) is 0 Å². The highest BCUT2D eigenvalue weighted by molar-refractivity contribution is 5.39. The van der Waals surface area contributed by atoms with Gasteiger partial charge in [0.05, 0.1) is 6.20 Å². The number of aryl methyl sites for hydroxylation is 1. The van der Waals surface area contributed by atoms with Crippen LogP contribution in [0.2, 0.25) is 0 Å². The molecule has 90 valence electrons. The van der Waals surface area contributed by atoms with Gasteiger partial charge in [-0.15, -0.1) is 0 Å². The third-order valence-corrected chi connectivity index (χ3v) is 2.36. The maximum absolute atomic E-state index is 13.3. The van der Waals surface area contributed by atoms with Gasteiger partial charge in [-0.3, -0.25) is 4.68 Å². The summed E-state index contributed by atoms with van der Waals surface area (Å²) in [5, 5.41) is 6.92. The van der Waals surface area contributed by atoms with Crippen molar-refractivity contribution in [2.45, 2.75) is 6.42 Å². The van der Waals surface area contributed by atoms with Crippen LogP contribution in [0.1, 0.15) is 5.69 Å². The zero-order chi connectivity index (χ0) is 12.3. The summed E-state index contributed by atoms with van der Waals surface area (Å²) in [6.45, 7) is 0.549. The van der Waals surface area contributed by atoms with Crippen molar-refractivity contribution in [2.24, 2.45) is 7.05 Å². The quantitative estimate of drug-likeness (QED) is 0.811. The lowest BCUT2D eigenvalue weighted by atomic mass is 10.3. The molecule has 0 aromatic carbocycles. The molecule has 0 unspecified atom stereocenters. The number of aromatic nitrogens is 4. The van der Waals surface area contributed by atoms with Gasteiger partial charge in [0.1, 0.15) is 0 Å². The largest absolute Gasteiger partial charge is 0.368 e. The van der Waals surface area contributed by atoms with Gasteiger partial charge in [0.15, 0.2) is 11.6 Å². The molecule has 0 aliphatic carbocycles. The average molecular weight is 236 g/mol. The third-order valence-electron chi connectivity index (χ3n) is 2.36. The second-order valence-corrected chi connectivity index (χ2v) is 3.55. The van der Waals surface area contributed by atoms with Gasteiger partial charge in [-0.2, -0.15) is 10.1 Å². The molecule has 0 saturated carbocycles. The lowest BCUT2D eigenvalue weighted by Gasteiger charge is -2.06. The van der Waals surface area contributed by atoms with Crippen LogP contribution >= 0.6 is 0 Å². The Balaban J connectivity index is 1.94. The Kier molecular flexibility index (Phi) is 3.17. The van der Waals surface area contributed by atoms with Crippen molar-refractivity contribution in [3.8, 4) is 0 Å². The van der Waals surface area contributed by atoms with Crippen LogP contribution < -0.4 is 11.1 Å². The first-order chi connectivity index (χ1) is 8.16. The molecule has 0 aliphatic rings. The zero-order valence-corrected chi connectivity index (χ0v) is 9.39. The van der Waals surface area contributed by atoms with Crippen molar-refractivity contribution in [3.05, 3.63) is 30.0 Å². The van der Waals surface area contributed by atoms with E-state index in [1.54, 1.807) is 10.9 Å². The van der Waals surface area contributed by atoms with Crippen LogP contribution in [0.3, 0.4) is 0 Å². The predicted molar refractivity (Wildman–Crippen MR) is 61.8 cm³/mol. The number of nitrogens with one attached hydrogen (secondary N) is 1. The molecule has 0 spiro atoms. The van der Waals surface area contributed by atoms with Gasteiger partial charge in [0.25, 0.3) is 0 Å². The van der Waals surface area contributed by atoms with Crippen LogP contribution in [0.5, 0.6) is 0 Å². The van der Waals surface area contributed by atoms with Crippen molar-refractivity contribution < 1.29 is 4.39 Å². The molecule has 2 aromatic rings. The van der Waals surface area contributed by atoms with Crippen LogP contribution in [0.4, 0.5) is 16.2 Å². The van der Waals surface area contributed by atoms with Gasteiger partial charge in [-0.1, -0.05) is 0 Å². The summed E-state index contributed by atoms with van der Waals surface area (Å²) in [6, 6.07) is 1.91. The highest BCUT2D eigenvalue weighted by Crippen LogP contribution is 2.10. The number of hydrogen-bond acceptors (Lipinski definition) is 5. The molecule has 0 amide bonds. The van der Waals surface area contributed by atoms with E-state index in [2.05, 4.69) is 20.4 Å². The van der Waals surface area contributed by atoms with E-state index in [1.807, 2.05) is 13.1 Å². The number of nitrogens with zero attached hydrogens (tertiary/aromatic N) is 4. The first-order valence-electron chi connectivity index (χ1n) is 5.15. The summed E-state index contributed by atoms with van der Waals surface area (Å²) >= 11 is 0. The van der Waals surface area contributed by atoms with Crippen LogP contribution in [-0.4, -0.2) is 26.3 Å². The van der Waals surface area contributed by atoms with E-state index in [0.717, 1.165) is 18.3 Å². The first-order valence-corrected chi connectivity index (χ1v) is 5.15. The molecule has 0 fully saturated rings. The number of hydrogen-bond donors (Lipinski definition) is 2. The summed E-state index contributed by atoms with van der Waals surface area (Å²) in [6.07, 6.45) is 3.49. The van der Waals surface area contributed by atoms with Gasteiger partial charge in [0, 0.05) is 31.9 Å². The number of anilines is 2. The van der Waals surface area contributed by atoms with Crippen molar-refractivity contribution in [1.29, 1.82) is 0 Å². The highest BCUT2D eigenvalue weighted by atomic mass is 19.1. The Morgan fingerprint density at radius 2 is 2.35 bits per heavy atom. The Hall–Kier alpha value is -2.18. The first kappa shape index (κ1) is 11.3. The Morgan fingerprint density at radius 3 is 3.06 bits per heavy atom. The summed E-state index contributed by atoms with van der Waals surface area (Å²) in [7, 11) is 1.86. The summed E-state index contributed by atoms with van der Waals surface area (Å²) in [5.41, 5.74) is 6.43. The van der Waals surface area contributed by atoms with Crippen molar-refractivity contribution in [2.75, 3.05) is 17.6 Å². The molecule has 2 aromatic heterocycles. The lowest BCUT2D eigenvalue weighted by Crippen LogP contribution is -2.11. The molecule has 0 radical (unpaired) electrons. The highest BCUT2D eigenvalue weighted by Gasteiger charge is 2.05. The average Bonchev–Trinajstić information content (AvgIpc) is 2.70. The Labute approximate surface area is 97.7 Å². The van der Waals surface area contributed by atoms with Crippen LogP contribution in [0.25, 0.3) is 0 Å². The van der Waals surface area contributed by atoms with Crippen LogP contribution in [-0.2, 0) is 13.5 Å². The fraction of sp³-hybridized carbons (Fsp3) is 0.300. The van der Waals surface area contributed by atoms with E-state index >= 15 is 0 Å². The van der Waals surface area contributed by atoms with Gasteiger partial charge in [0.2, 0.25) is 5.95 Å². The maximum Gasteiger partial charge on any atom is 0.222 e. The maximum atomic E-state index is 13.3. The third kappa shape index (κ3) is 2.68. The van der Waals surface area contributed by atoms with E-state index in [-0.39, 0.29) is 11.8 Å². The van der Waals surface area contributed by atoms with Crippen LogP contribution in [0.15, 0.2) is 18.5 Å². The minimum absolute atomic E-state index is 0.0504. The van der Waals surface area contributed by atoms with Crippen LogP contribution in [0, 0.1) is 5.82 Å². The normalized spacial score (nSPS) is 10.5. The molecule has 6 nitrogen and oxygen atoms in total. The second kappa shape index (κ2) is 4.77. The molecule has 2 heterocycles. The summed E-state index contributed by atoms with van der Waals surface area (Å²) in [4.78, 5) is 7.32. The van der Waals surface area contributed by atoms with Gasteiger partial charge in [-0.25, -0.2) is 9.37 Å². The standard InChI is InChI=1S/C10H13FN6/c1-17-7(3-5-15-17)2-4-13-9-8(11)6-14-10(12)16-9/h3,5-6H,2,4H2,1H3,(H3,12,13,14,16). The molecule has 17 heavy (non-hydrogen) atoms. The number of nitrogen functional groups attached to an aromatic ring is 1. The fourth-order valence-corrected chi connectivity index (χ4v) is 1.46. The Morgan fingerprint density at radius 1 is 1.53 bits per heavy atom. The molecule has 2 rings (SSSR count). The molecular formula is C10H13FN6. The number of nitrogens with two attached hydrogens (primary N) is 1. The predicted octanol–water partition coefficient (Wildman–Crippen LogP) is 0.586. The van der Waals surface area contributed by atoms with E-state index < -0.39 is 5.82 Å². The second-order valence-electron chi connectivity index (χ2n) is 3.55. The molecule has 0 saturated heterocycles. The van der Waals surface area contributed by atoms with Gasteiger partial charge in [-0.05, 0) is 6.07 Å². The monoisotopic (exact) mass is 236 g/mol. The molecule has 0 bridgehead atoms. The van der Waals surface area contributed by atoms with Crippen molar-refractivity contribution >= 4 is 11.8 Å². The van der Waals surface area contributed by atoms with E-state index in [4.69, 9.17) is 5.73 Å². The lowest BCUT2D eigenvalue weighted by molar-refractivity contribution is 0.617. The van der Waals surface area contributed by atoms with Crippen molar-refractivity contribution in [1.82, 2.24) is 19.7 Å². The molecular weight excluding hydrogens is 223 g/mol. The minimum atomic E-state index is -0.510. The molecule has 3 N–H and O–H groups in total.